The molecule has 0 saturated carbocycles. The molecular weight excluding hydrogens is 414 g/mol. The fraction of sp³-hybridized carbons (Fsp3) is 0.240. The van der Waals surface area contributed by atoms with Crippen molar-refractivity contribution in [2.24, 2.45) is 0 Å². The second kappa shape index (κ2) is 9.46. The quantitative estimate of drug-likeness (QED) is 0.451. The third-order valence-corrected chi connectivity index (χ3v) is 5.81. The van der Waals surface area contributed by atoms with Gasteiger partial charge in [-0.25, -0.2) is 8.78 Å². The molecule has 166 valence electrons. The van der Waals surface area contributed by atoms with Crippen LogP contribution in [0, 0.1) is 11.6 Å². The van der Waals surface area contributed by atoms with E-state index in [0.29, 0.717) is 31.7 Å². The summed E-state index contributed by atoms with van der Waals surface area (Å²) in [6.45, 7) is 2.85. The third-order valence-electron chi connectivity index (χ3n) is 5.81. The number of piperazine rings is 1. The zero-order valence-electron chi connectivity index (χ0n) is 17.4. The SMILES string of the molecule is O=C(CN1CCN(C(c2ccc(F)cc2)c2ccc(F)cc2)CC1)c1ccc(O)c(O)c1. The van der Waals surface area contributed by atoms with Crippen LogP contribution in [0.1, 0.15) is 27.5 Å². The van der Waals surface area contributed by atoms with E-state index in [2.05, 4.69) is 4.90 Å². The van der Waals surface area contributed by atoms with E-state index in [4.69, 9.17) is 0 Å². The molecule has 0 amide bonds. The van der Waals surface area contributed by atoms with Crippen LogP contribution in [0.2, 0.25) is 0 Å². The fourth-order valence-corrected chi connectivity index (χ4v) is 4.08. The number of rotatable bonds is 6. The lowest BCUT2D eigenvalue weighted by Gasteiger charge is -2.39. The van der Waals surface area contributed by atoms with Crippen molar-refractivity contribution >= 4 is 5.78 Å². The topological polar surface area (TPSA) is 64.0 Å². The largest absolute Gasteiger partial charge is 0.504 e. The van der Waals surface area contributed by atoms with E-state index in [0.717, 1.165) is 11.1 Å². The van der Waals surface area contributed by atoms with E-state index < -0.39 is 0 Å². The van der Waals surface area contributed by atoms with Gasteiger partial charge in [-0.15, -0.1) is 0 Å². The lowest BCUT2D eigenvalue weighted by Crippen LogP contribution is -2.49. The van der Waals surface area contributed by atoms with E-state index in [1.165, 1.54) is 42.5 Å². The van der Waals surface area contributed by atoms with Gasteiger partial charge >= 0.3 is 0 Å². The first-order chi connectivity index (χ1) is 15.4. The maximum atomic E-state index is 13.5. The number of halogens is 2. The minimum absolute atomic E-state index is 0.137. The summed E-state index contributed by atoms with van der Waals surface area (Å²) in [4.78, 5) is 16.9. The zero-order valence-corrected chi connectivity index (χ0v) is 17.4. The summed E-state index contributed by atoms with van der Waals surface area (Å²) in [6.07, 6.45) is 0. The molecule has 5 nitrogen and oxygen atoms in total. The molecular formula is C25H24F2N2O3. The molecule has 1 heterocycles. The Kier molecular flexibility index (Phi) is 6.48. The van der Waals surface area contributed by atoms with Gasteiger partial charge in [0.15, 0.2) is 17.3 Å². The van der Waals surface area contributed by atoms with E-state index in [1.54, 1.807) is 24.3 Å². The first-order valence-electron chi connectivity index (χ1n) is 10.4. The highest BCUT2D eigenvalue weighted by Gasteiger charge is 2.27. The van der Waals surface area contributed by atoms with Gasteiger partial charge in [-0.3, -0.25) is 14.6 Å². The molecule has 0 atom stereocenters. The van der Waals surface area contributed by atoms with Gasteiger partial charge < -0.3 is 10.2 Å². The number of aromatic hydroxyl groups is 2. The molecule has 0 bridgehead atoms. The number of hydrogen-bond acceptors (Lipinski definition) is 5. The molecule has 1 saturated heterocycles. The molecule has 1 fully saturated rings. The highest BCUT2D eigenvalue weighted by molar-refractivity contribution is 5.98. The number of ketones is 1. The number of phenolic OH excluding ortho intramolecular Hbond substituents is 2. The lowest BCUT2D eigenvalue weighted by molar-refractivity contribution is 0.0807. The Morgan fingerprint density at radius 2 is 1.31 bits per heavy atom. The minimum atomic E-state index is -0.317. The smallest absolute Gasteiger partial charge is 0.176 e. The summed E-state index contributed by atoms with van der Waals surface area (Å²) in [6, 6.07) is 16.6. The Bertz CT molecular complexity index is 1030. The number of Topliss-reactive ketones (excluding diaryl/α,β-unsaturated/α-hetero) is 1. The number of benzene rings is 3. The predicted molar refractivity (Wildman–Crippen MR) is 117 cm³/mol. The van der Waals surface area contributed by atoms with Crippen LogP contribution in [0.4, 0.5) is 8.78 Å². The molecule has 2 N–H and O–H groups in total. The number of nitrogens with zero attached hydrogens (tertiary/aromatic N) is 2. The molecule has 0 aliphatic carbocycles. The minimum Gasteiger partial charge on any atom is -0.504 e. The van der Waals surface area contributed by atoms with Gasteiger partial charge in [0.25, 0.3) is 0 Å². The Morgan fingerprint density at radius 3 is 1.81 bits per heavy atom. The molecule has 1 aliphatic heterocycles. The average molecular weight is 438 g/mol. The molecule has 3 aromatic rings. The molecule has 32 heavy (non-hydrogen) atoms. The zero-order chi connectivity index (χ0) is 22.7. The van der Waals surface area contributed by atoms with Gasteiger partial charge in [0.1, 0.15) is 11.6 Å². The van der Waals surface area contributed by atoms with Crippen LogP contribution in [0.25, 0.3) is 0 Å². The van der Waals surface area contributed by atoms with Gasteiger partial charge in [-0.2, -0.15) is 0 Å². The van der Waals surface area contributed by atoms with Crippen LogP contribution in [0.15, 0.2) is 66.7 Å². The molecule has 0 aromatic heterocycles. The first-order valence-corrected chi connectivity index (χ1v) is 10.4. The molecule has 0 radical (unpaired) electrons. The van der Waals surface area contributed by atoms with Crippen LogP contribution in [-0.2, 0) is 0 Å². The highest BCUT2D eigenvalue weighted by atomic mass is 19.1. The van der Waals surface area contributed by atoms with Crippen LogP contribution < -0.4 is 0 Å². The number of hydrogen-bond donors (Lipinski definition) is 2. The maximum absolute atomic E-state index is 13.5. The van der Waals surface area contributed by atoms with Crippen molar-refractivity contribution in [1.29, 1.82) is 0 Å². The number of carbonyl (C=O) groups is 1. The van der Waals surface area contributed by atoms with Crippen molar-refractivity contribution in [3.63, 3.8) is 0 Å². The van der Waals surface area contributed by atoms with Gasteiger partial charge in [-0.1, -0.05) is 24.3 Å². The fourth-order valence-electron chi connectivity index (χ4n) is 4.08. The molecule has 3 aromatic carbocycles. The van der Waals surface area contributed by atoms with Crippen molar-refractivity contribution < 1.29 is 23.8 Å². The van der Waals surface area contributed by atoms with Crippen LogP contribution >= 0.6 is 0 Å². The predicted octanol–water partition coefficient (Wildman–Crippen LogP) is 3.97. The van der Waals surface area contributed by atoms with Gasteiger partial charge in [0, 0.05) is 31.7 Å². The van der Waals surface area contributed by atoms with E-state index in [1.807, 2.05) is 4.90 Å². The Morgan fingerprint density at radius 1 is 0.781 bits per heavy atom. The van der Waals surface area contributed by atoms with Crippen LogP contribution in [-0.4, -0.2) is 58.5 Å². The molecule has 1 aliphatic rings. The number of phenols is 2. The first kappa shape index (κ1) is 21.9. The van der Waals surface area contributed by atoms with E-state index >= 15 is 0 Å². The van der Waals surface area contributed by atoms with Gasteiger partial charge in [-0.05, 0) is 53.6 Å². The summed E-state index contributed by atoms with van der Waals surface area (Å²) >= 11 is 0. The maximum Gasteiger partial charge on any atom is 0.176 e. The van der Waals surface area contributed by atoms with Crippen LogP contribution in [0.3, 0.4) is 0 Å². The van der Waals surface area contributed by atoms with Crippen molar-refractivity contribution in [3.05, 3.63) is 95.1 Å². The summed E-state index contributed by atoms with van der Waals surface area (Å²) in [5.41, 5.74) is 2.18. The number of carbonyl (C=O) groups excluding carboxylic acids is 1. The Hall–Kier alpha value is -3.29. The lowest BCUT2D eigenvalue weighted by atomic mass is 9.96. The van der Waals surface area contributed by atoms with Crippen molar-refractivity contribution in [2.75, 3.05) is 32.7 Å². The molecule has 4 rings (SSSR count). The van der Waals surface area contributed by atoms with Crippen molar-refractivity contribution in [1.82, 2.24) is 9.80 Å². The summed E-state index contributed by atoms with van der Waals surface area (Å²) in [5, 5.41) is 19.1. The van der Waals surface area contributed by atoms with Crippen LogP contribution in [0.5, 0.6) is 11.5 Å². The van der Waals surface area contributed by atoms with Gasteiger partial charge in [0.2, 0.25) is 0 Å². The Balaban J connectivity index is 1.46. The van der Waals surface area contributed by atoms with E-state index in [-0.39, 0.29) is 41.5 Å². The molecule has 0 spiro atoms. The monoisotopic (exact) mass is 438 g/mol. The third kappa shape index (κ3) is 4.95. The second-order valence-electron chi connectivity index (χ2n) is 7.94. The Labute approximate surface area is 185 Å². The molecule has 0 unspecified atom stereocenters. The second-order valence-corrected chi connectivity index (χ2v) is 7.94. The van der Waals surface area contributed by atoms with E-state index in [9.17, 15) is 23.8 Å². The average Bonchev–Trinajstić information content (AvgIpc) is 2.79. The summed E-state index contributed by atoms with van der Waals surface area (Å²) < 4.78 is 27.0. The summed E-state index contributed by atoms with van der Waals surface area (Å²) in [7, 11) is 0. The molecule has 7 heteroatoms. The summed E-state index contributed by atoms with van der Waals surface area (Å²) in [5.74, 6) is -1.34. The normalized spacial score (nSPS) is 15.2. The standard InChI is InChI=1S/C25H24F2N2O3/c26-20-6-1-17(2-7-20)25(18-3-8-21(27)9-4-18)29-13-11-28(12-14-29)16-24(32)19-5-10-22(30)23(31)15-19/h1-10,15,25,30-31H,11-14,16H2. The van der Waals surface area contributed by atoms with Crippen molar-refractivity contribution in [2.45, 2.75) is 6.04 Å². The van der Waals surface area contributed by atoms with Gasteiger partial charge in [0.05, 0.1) is 12.6 Å². The van der Waals surface area contributed by atoms with Crippen molar-refractivity contribution in [3.8, 4) is 11.5 Å². The highest BCUT2D eigenvalue weighted by Crippen LogP contribution is 2.30.